The number of pyridine rings is 1. The molecule has 2 aliphatic heterocycles. The molecule has 3 heterocycles. The molecule has 5 rings (SSSR count). The van der Waals surface area contributed by atoms with E-state index in [0.717, 1.165) is 58.8 Å². The van der Waals surface area contributed by atoms with Crippen molar-refractivity contribution in [1.82, 2.24) is 9.88 Å². The number of carbonyl (C=O) groups excluding carboxylic acids is 1. The highest BCUT2D eigenvalue weighted by molar-refractivity contribution is 5.76. The van der Waals surface area contributed by atoms with Gasteiger partial charge in [0.15, 0.2) is 0 Å². The molecule has 1 amide bonds. The van der Waals surface area contributed by atoms with E-state index >= 15 is 0 Å². The van der Waals surface area contributed by atoms with E-state index < -0.39 is 5.97 Å². The Kier molecular flexibility index (Phi) is 7.22. The summed E-state index contributed by atoms with van der Waals surface area (Å²) in [5, 5.41) is 9.16. The molecule has 0 unspecified atom stereocenters. The molecule has 0 spiro atoms. The van der Waals surface area contributed by atoms with Crippen LogP contribution in [0.4, 0.5) is 10.6 Å². The number of anilines is 1. The lowest BCUT2D eigenvalue weighted by molar-refractivity contribution is -0.136. The first kappa shape index (κ1) is 25.6. The Morgan fingerprint density at radius 1 is 1.13 bits per heavy atom. The van der Waals surface area contributed by atoms with Crippen molar-refractivity contribution in [2.45, 2.75) is 51.8 Å². The minimum absolute atomic E-state index is 0.0439. The van der Waals surface area contributed by atoms with Crippen LogP contribution in [0.5, 0.6) is 5.75 Å². The number of amides is 1. The molecule has 2 fully saturated rings. The van der Waals surface area contributed by atoms with E-state index in [9.17, 15) is 9.59 Å². The van der Waals surface area contributed by atoms with Gasteiger partial charge < -0.3 is 19.5 Å². The van der Waals surface area contributed by atoms with Crippen molar-refractivity contribution in [2.24, 2.45) is 0 Å². The normalized spacial score (nSPS) is 18.8. The standard InChI is InChI=1S/C30H33N3O5/c1-19-6-4-7-22(16-19)29-20(2)33(30(36)38-29)18-25-23(10-12-27(31-25)32-14-5-15-32)24-17-21(9-13-28(34)35)8-11-26(24)37-3/h4,6-8,10-12,16-17,20,29H,5,9,13-15,18H2,1-3H3,(H,34,35)/t20-,29-/m0/s1. The molecule has 1 aromatic heterocycles. The van der Waals surface area contributed by atoms with Crippen LogP contribution in [0.15, 0.2) is 54.6 Å². The fourth-order valence-electron chi connectivity index (χ4n) is 5.12. The largest absolute Gasteiger partial charge is 0.496 e. The summed E-state index contributed by atoms with van der Waals surface area (Å²) in [5.41, 5.74) is 5.41. The second kappa shape index (κ2) is 10.7. The van der Waals surface area contributed by atoms with Crippen molar-refractivity contribution in [3.8, 4) is 16.9 Å². The smallest absolute Gasteiger partial charge is 0.411 e. The van der Waals surface area contributed by atoms with Gasteiger partial charge in [-0.25, -0.2) is 9.78 Å². The SMILES string of the molecule is COc1ccc(CCC(=O)O)cc1-c1ccc(N2CCC2)nc1CN1C(=O)O[C@H](c2cccc(C)c2)[C@@H]1C. The Morgan fingerprint density at radius 3 is 2.63 bits per heavy atom. The summed E-state index contributed by atoms with van der Waals surface area (Å²) in [5.74, 6) is 0.707. The monoisotopic (exact) mass is 515 g/mol. The van der Waals surface area contributed by atoms with Crippen LogP contribution in [0.2, 0.25) is 0 Å². The molecule has 0 saturated carbocycles. The van der Waals surface area contributed by atoms with Crippen LogP contribution >= 0.6 is 0 Å². The predicted molar refractivity (Wildman–Crippen MR) is 144 cm³/mol. The number of aliphatic carboxylic acids is 1. The van der Waals surface area contributed by atoms with E-state index in [1.807, 2.05) is 62.4 Å². The van der Waals surface area contributed by atoms with Gasteiger partial charge >= 0.3 is 12.1 Å². The summed E-state index contributed by atoms with van der Waals surface area (Å²) >= 11 is 0. The lowest BCUT2D eigenvalue weighted by Gasteiger charge is -2.33. The maximum absolute atomic E-state index is 13.1. The minimum Gasteiger partial charge on any atom is -0.496 e. The number of aromatic nitrogens is 1. The predicted octanol–water partition coefficient (Wildman–Crippen LogP) is 5.37. The summed E-state index contributed by atoms with van der Waals surface area (Å²) in [4.78, 5) is 33.2. The first-order valence-corrected chi connectivity index (χ1v) is 13.0. The number of carboxylic acids is 1. The molecule has 1 N–H and O–H groups in total. The molecule has 2 atom stereocenters. The second-order valence-corrected chi connectivity index (χ2v) is 10.0. The molecule has 2 aliphatic rings. The Labute approximate surface area is 222 Å². The minimum atomic E-state index is -0.840. The Hall–Kier alpha value is -4.07. The van der Waals surface area contributed by atoms with Crippen LogP contribution in [0.1, 0.15) is 48.3 Å². The van der Waals surface area contributed by atoms with Crippen molar-refractivity contribution in [3.05, 3.63) is 77.0 Å². The molecular weight excluding hydrogens is 482 g/mol. The van der Waals surface area contributed by atoms with Gasteiger partial charge in [-0.2, -0.15) is 0 Å². The number of carboxylic acid groups (broad SMARTS) is 1. The zero-order valence-corrected chi connectivity index (χ0v) is 22.0. The first-order valence-electron chi connectivity index (χ1n) is 13.0. The number of nitrogens with zero attached hydrogens (tertiary/aromatic N) is 3. The van der Waals surface area contributed by atoms with Gasteiger partial charge in [-0.1, -0.05) is 35.9 Å². The highest BCUT2D eigenvalue weighted by atomic mass is 16.6. The van der Waals surface area contributed by atoms with E-state index in [4.69, 9.17) is 19.6 Å². The molecule has 3 aromatic rings. The van der Waals surface area contributed by atoms with E-state index in [1.54, 1.807) is 12.0 Å². The van der Waals surface area contributed by atoms with E-state index in [1.165, 1.54) is 0 Å². The summed E-state index contributed by atoms with van der Waals surface area (Å²) in [7, 11) is 1.61. The quantitative estimate of drug-likeness (QED) is 0.409. The molecule has 0 aliphatic carbocycles. The third-order valence-corrected chi connectivity index (χ3v) is 7.40. The molecule has 8 nitrogen and oxygen atoms in total. The maximum atomic E-state index is 13.1. The van der Waals surface area contributed by atoms with Gasteiger partial charge in [-0.05, 0) is 62.1 Å². The van der Waals surface area contributed by atoms with E-state index in [2.05, 4.69) is 11.0 Å². The number of ether oxygens (including phenoxy) is 2. The van der Waals surface area contributed by atoms with Gasteiger partial charge in [0.1, 0.15) is 17.7 Å². The maximum Gasteiger partial charge on any atom is 0.411 e. The Balaban J connectivity index is 1.51. The van der Waals surface area contributed by atoms with E-state index in [-0.39, 0.29) is 31.2 Å². The Morgan fingerprint density at radius 2 is 1.95 bits per heavy atom. The van der Waals surface area contributed by atoms with Crippen LogP contribution in [0.25, 0.3) is 11.1 Å². The van der Waals surface area contributed by atoms with Crippen LogP contribution in [-0.4, -0.2) is 53.3 Å². The average Bonchev–Trinajstić information content (AvgIpc) is 3.15. The van der Waals surface area contributed by atoms with Gasteiger partial charge in [0.05, 0.1) is 25.4 Å². The third kappa shape index (κ3) is 5.16. The number of hydrogen-bond acceptors (Lipinski definition) is 6. The van der Waals surface area contributed by atoms with Crippen LogP contribution in [0, 0.1) is 6.92 Å². The summed E-state index contributed by atoms with van der Waals surface area (Å²) < 4.78 is 11.5. The average molecular weight is 516 g/mol. The highest BCUT2D eigenvalue weighted by Gasteiger charge is 2.40. The molecule has 38 heavy (non-hydrogen) atoms. The van der Waals surface area contributed by atoms with Crippen molar-refractivity contribution in [3.63, 3.8) is 0 Å². The van der Waals surface area contributed by atoms with Crippen LogP contribution in [0.3, 0.4) is 0 Å². The molecule has 0 bridgehead atoms. The number of methoxy groups -OCH3 is 1. The zero-order valence-electron chi connectivity index (χ0n) is 22.0. The molecule has 8 heteroatoms. The van der Waals surface area contributed by atoms with Crippen LogP contribution < -0.4 is 9.64 Å². The van der Waals surface area contributed by atoms with Gasteiger partial charge in [0, 0.05) is 30.6 Å². The number of aryl methyl sites for hydroxylation is 2. The number of cyclic esters (lactones) is 1. The summed E-state index contributed by atoms with van der Waals surface area (Å²) in [6, 6.07) is 17.6. The van der Waals surface area contributed by atoms with Gasteiger partial charge in [0.2, 0.25) is 0 Å². The van der Waals surface area contributed by atoms with Crippen molar-refractivity contribution < 1.29 is 24.2 Å². The number of rotatable bonds is 9. The van der Waals surface area contributed by atoms with E-state index in [0.29, 0.717) is 12.2 Å². The molecule has 0 radical (unpaired) electrons. The zero-order chi connectivity index (χ0) is 26.8. The van der Waals surface area contributed by atoms with Gasteiger partial charge in [-0.15, -0.1) is 0 Å². The van der Waals surface area contributed by atoms with Gasteiger partial charge in [-0.3, -0.25) is 9.69 Å². The Bertz CT molecular complexity index is 1350. The number of carbonyl (C=O) groups is 2. The molecular formula is C30H33N3O5. The molecule has 2 saturated heterocycles. The fourth-order valence-corrected chi connectivity index (χ4v) is 5.12. The molecule has 2 aromatic carbocycles. The summed E-state index contributed by atoms with van der Waals surface area (Å²) in [6.07, 6.45) is 0.856. The number of hydrogen-bond donors (Lipinski definition) is 1. The third-order valence-electron chi connectivity index (χ3n) is 7.40. The van der Waals surface area contributed by atoms with Crippen molar-refractivity contribution in [2.75, 3.05) is 25.1 Å². The van der Waals surface area contributed by atoms with Crippen molar-refractivity contribution >= 4 is 17.9 Å². The molecule has 198 valence electrons. The van der Waals surface area contributed by atoms with Crippen LogP contribution in [-0.2, 0) is 22.5 Å². The second-order valence-electron chi connectivity index (χ2n) is 10.0. The fraction of sp³-hybridized carbons (Fsp3) is 0.367. The number of benzene rings is 2. The first-order chi connectivity index (χ1) is 18.3. The topological polar surface area (TPSA) is 92.2 Å². The van der Waals surface area contributed by atoms with Crippen molar-refractivity contribution in [1.29, 1.82) is 0 Å². The lowest BCUT2D eigenvalue weighted by Crippen LogP contribution is -2.38. The summed E-state index contributed by atoms with van der Waals surface area (Å²) in [6.45, 7) is 6.22. The lowest BCUT2D eigenvalue weighted by atomic mass is 9.97. The van der Waals surface area contributed by atoms with Gasteiger partial charge in [0.25, 0.3) is 0 Å². The highest BCUT2D eigenvalue weighted by Crippen LogP contribution is 2.38.